The van der Waals surface area contributed by atoms with Crippen LogP contribution in [0.4, 0.5) is 0 Å². The number of H-pyrrole nitrogens is 1. The Labute approximate surface area is 134 Å². The molecule has 2 heterocycles. The van der Waals surface area contributed by atoms with Crippen molar-refractivity contribution in [1.82, 2.24) is 9.97 Å². The zero-order valence-electron chi connectivity index (χ0n) is 12.1. The SMILES string of the molecule is CCC(C)c1cc2[nH]c(C3=CN=C(Cl)CC3)nc2cc1Cl. The number of benzene rings is 1. The molecule has 1 unspecified atom stereocenters. The number of hydrogen-bond donors (Lipinski definition) is 1. The normalized spacial score (nSPS) is 16.8. The van der Waals surface area contributed by atoms with Crippen molar-refractivity contribution in [3.8, 4) is 0 Å². The van der Waals surface area contributed by atoms with Gasteiger partial charge >= 0.3 is 0 Å². The molecule has 0 bridgehead atoms. The second-order valence-corrected chi connectivity index (χ2v) is 6.29. The minimum absolute atomic E-state index is 0.436. The highest BCUT2D eigenvalue weighted by Crippen LogP contribution is 2.32. The average molecular weight is 322 g/mol. The van der Waals surface area contributed by atoms with Gasteiger partial charge in [-0.15, -0.1) is 0 Å². The van der Waals surface area contributed by atoms with Crippen LogP contribution in [0, 0.1) is 0 Å². The average Bonchev–Trinajstić information content (AvgIpc) is 2.89. The Balaban J connectivity index is 2.04. The van der Waals surface area contributed by atoms with Gasteiger partial charge in [0.25, 0.3) is 0 Å². The summed E-state index contributed by atoms with van der Waals surface area (Å²) in [5, 5.41) is 1.44. The van der Waals surface area contributed by atoms with Crippen molar-refractivity contribution in [2.45, 2.75) is 39.0 Å². The summed E-state index contributed by atoms with van der Waals surface area (Å²) in [4.78, 5) is 12.2. The summed E-state index contributed by atoms with van der Waals surface area (Å²) in [6, 6.07) is 4.06. The van der Waals surface area contributed by atoms with Crippen LogP contribution in [0.3, 0.4) is 0 Å². The van der Waals surface area contributed by atoms with Gasteiger partial charge in [-0.25, -0.2) is 9.98 Å². The fraction of sp³-hybridized carbons (Fsp3) is 0.375. The second kappa shape index (κ2) is 5.82. The summed E-state index contributed by atoms with van der Waals surface area (Å²) >= 11 is 12.3. The number of nitrogens with one attached hydrogen (secondary N) is 1. The van der Waals surface area contributed by atoms with Gasteiger partial charge in [-0.05, 0) is 36.5 Å². The van der Waals surface area contributed by atoms with E-state index < -0.39 is 0 Å². The molecule has 1 N–H and O–H groups in total. The molecule has 3 nitrogen and oxygen atoms in total. The third-order valence-corrected chi connectivity index (χ3v) is 4.62. The lowest BCUT2D eigenvalue weighted by Gasteiger charge is -2.10. The van der Waals surface area contributed by atoms with Crippen molar-refractivity contribution < 1.29 is 0 Å². The maximum Gasteiger partial charge on any atom is 0.135 e. The maximum atomic E-state index is 6.38. The van der Waals surface area contributed by atoms with Crippen LogP contribution in [0.1, 0.15) is 50.4 Å². The van der Waals surface area contributed by atoms with Crippen LogP contribution in [0.5, 0.6) is 0 Å². The quantitative estimate of drug-likeness (QED) is 0.796. The Morgan fingerprint density at radius 2 is 2.10 bits per heavy atom. The lowest BCUT2D eigenvalue weighted by Crippen LogP contribution is -1.97. The number of halogens is 2. The molecule has 110 valence electrons. The van der Waals surface area contributed by atoms with Gasteiger partial charge in [0, 0.05) is 23.2 Å². The molecule has 0 radical (unpaired) electrons. The van der Waals surface area contributed by atoms with E-state index >= 15 is 0 Å². The van der Waals surface area contributed by atoms with Gasteiger partial charge in [-0.3, -0.25) is 0 Å². The van der Waals surface area contributed by atoms with E-state index in [4.69, 9.17) is 23.2 Å². The summed E-state index contributed by atoms with van der Waals surface area (Å²) in [7, 11) is 0. The zero-order valence-corrected chi connectivity index (χ0v) is 13.6. The number of fused-ring (bicyclic) bond motifs is 1. The van der Waals surface area contributed by atoms with E-state index in [1.54, 1.807) is 6.20 Å². The van der Waals surface area contributed by atoms with Crippen LogP contribution in [-0.4, -0.2) is 15.1 Å². The van der Waals surface area contributed by atoms with Crippen LogP contribution in [0.15, 0.2) is 23.3 Å². The number of aromatic nitrogens is 2. The first-order chi connectivity index (χ1) is 10.1. The Kier molecular flexibility index (Phi) is 4.05. The van der Waals surface area contributed by atoms with Gasteiger partial charge in [0.15, 0.2) is 0 Å². The molecule has 5 heteroatoms. The summed E-state index contributed by atoms with van der Waals surface area (Å²) in [6.45, 7) is 4.35. The highest BCUT2D eigenvalue weighted by molar-refractivity contribution is 6.65. The van der Waals surface area contributed by atoms with E-state index in [1.807, 2.05) is 6.07 Å². The van der Waals surface area contributed by atoms with Crippen LogP contribution in [-0.2, 0) is 0 Å². The van der Waals surface area contributed by atoms with Crippen LogP contribution < -0.4 is 0 Å². The Morgan fingerprint density at radius 3 is 2.76 bits per heavy atom. The highest BCUT2D eigenvalue weighted by Gasteiger charge is 2.15. The van der Waals surface area contributed by atoms with Crippen molar-refractivity contribution in [1.29, 1.82) is 0 Å². The minimum atomic E-state index is 0.436. The molecule has 1 aromatic carbocycles. The van der Waals surface area contributed by atoms with Crippen molar-refractivity contribution in [3.63, 3.8) is 0 Å². The van der Waals surface area contributed by atoms with Crippen LogP contribution in [0.25, 0.3) is 16.6 Å². The minimum Gasteiger partial charge on any atom is -0.338 e. The van der Waals surface area contributed by atoms with E-state index in [9.17, 15) is 0 Å². The van der Waals surface area contributed by atoms with Crippen molar-refractivity contribution in [3.05, 3.63) is 34.7 Å². The van der Waals surface area contributed by atoms with Crippen molar-refractivity contribution in [2.24, 2.45) is 4.99 Å². The van der Waals surface area contributed by atoms with Crippen LogP contribution in [0.2, 0.25) is 5.02 Å². The Morgan fingerprint density at radius 1 is 1.29 bits per heavy atom. The number of hydrogen-bond acceptors (Lipinski definition) is 2. The lowest BCUT2D eigenvalue weighted by molar-refractivity contribution is 0.735. The van der Waals surface area contributed by atoms with Gasteiger partial charge in [0.1, 0.15) is 11.0 Å². The number of aromatic amines is 1. The van der Waals surface area contributed by atoms with E-state index in [-0.39, 0.29) is 0 Å². The molecule has 21 heavy (non-hydrogen) atoms. The molecule has 3 rings (SSSR count). The number of nitrogens with zero attached hydrogens (tertiary/aromatic N) is 2. The molecule has 0 fully saturated rings. The van der Waals surface area contributed by atoms with E-state index in [2.05, 4.69) is 34.9 Å². The topological polar surface area (TPSA) is 41.0 Å². The molecule has 0 amide bonds. The molecule has 1 aliphatic rings. The van der Waals surface area contributed by atoms with E-state index in [0.29, 0.717) is 11.1 Å². The summed E-state index contributed by atoms with van der Waals surface area (Å²) in [5.41, 5.74) is 4.16. The van der Waals surface area contributed by atoms with Gasteiger partial charge in [-0.2, -0.15) is 0 Å². The molecule has 2 aromatic rings. The molecule has 0 aliphatic carbocycles. The fourth-order valence-electron chi connectivity index (χ4n) is 2.49. The van der Waals surface area contributed by atoms with E-state index in [0.717, 1.165) is 46.7 Å². The third-order valence-electron chi connectivity index (χ3n) is 4.01. The highest BCUT2D eigenvalue weighted by atomic mass is 35.5. The first kappa shape index (κ1) is 14.6. The molecular weight excluding hydrogens is 305 g/mol. The molecule has 1 aliphatic heterocycles. The summed E-state index contributed by atoms with van der Waals surface area (Å²) < 4.78 is 0. The van der Waals surface area contributed by atoms with Crippen LogP contribution >= 0.6 is 23.2 Å². The fourth-order valence-corrected chi connectivity index (χ4v) is 2.98. The number of aliphatic imine (C=N–C) groups is 1. The Bertz CT molecular complexity index is 743. The van der Waals surface area contributed by atoms with Crippen molar-refractivity contribution in [2.75, 3.05) is 0 Å². The predicted molar refractivity (Wildman–Crippen MR) is 90.3 cm³/mol. The summed E-state index contributed by atoms with van der Waals surface area (Å²) in [6.07, 6.45) is 4.47. The smallest absolute Gasteiger partial charge is 0.135 e. The number of allylic oxidation sites excluding steroid dienone is 1. The maximum absolute atomic E-state index is 6.38. The van der Waals surface area contributed by atoms with E-state index in [1.165, 1.54) is 5.56 Å². The summed E-state index contributed by atoms with van der Waals surface area (Å²) in [5.74, 6) is 1.29. The first-order valence-corrected chi connectivity index (χ1v) is 7.94. The molecule has 0 spiro atoms. The van der Waals surface area contributed by atoms with Crippen molar-refractivity contribution >= 4 is 45.0 Å². The zero-order chi connectivity index (χ0) is 15.0. The standard InChI is InChI=1S/C16H17Cl2N3/c1-3-9(2)11-6-13-14(7-12(11)17)21-16(20-13)10-4-5-15(18)19-8-10/h6-9H,3-5H2,1-2H3,(H,20,21). The molecule has 0 saturated carbocycles. The molecule has 1 atom stereocenters. The first-order valence-electron chi connectivity index (χ1n) is 7.19. The molecular formula is C16H17Cl2N3. The van der Waals surface area contributed by atoms with Gasteiger partial charge in [0.05, 0.1) is 11.0 Å². The second-order valence-electron chi connectivity index (χ2n) is 5.45. The molecule has 0 saturated heterocycles. The van der Waals surface area contributed by atoms with Gasteiger partial charge in [0.2, 0.25) is 0 Å². The molecule has 1 aromatic heterocycles. The van der Waals surface area contributed by atoms with Gasteiger partial charge in [-0.1, -0.05) is 37.0 Å². The predicted octanol–water partition coefficient (Wildman–Crippen LogP) is 5.50. The number of rotatable bonds is 3. The Hall–Kier alpha value is -1.32. The largest absolute Gasteiger partial charge is 0.338 e. The monoisotopic (exact) mass is 321 g/mol. The number of imidazole rings is 1. The third kappa shape index (κ3) is 2.85. The lowest BCUT2D eigenvalue weighted by atomic mass is 9.98. The van der Waals surface area contributed by atoms with Gasteiger partial charge < -0.3 is 4.98 Å².